The van der Waals surface area contributed by atoms with E-state index < -0.39 is 0 Å². The normalized spacial score (nSPS) is 10.5. The average molecular weight is 302 g/mol. The molecule has 0 saturated heterocycles. The predicted molar refractivity (Wildman–Crippen MR) is 89.3 cm³/mol. The quantitative estimate of drug-likeness (QED) is 0.852. The SMILES string of the molecule is CCNC(=O)Nc1ccc2c(c1)c(=O)n(C)n2CC=C(C)C. The standard InChI is InChI=1S/C16H22N4O2/c1-5-17-16(22)18-12-6-7-14-13(10-12)15(21)19(4)20(14)9-8-11(2)3/h6-8,10H,5,9H2,1-4H3,(H2,17,18,22). The molecule has 1 aromatic carbocycles. The third-order valence-corrected chi connectivity index (χ3v) is 3.43. The lowest BCUT2D eigenvalue weighted by Crippen LogP contribution is -2.28. The smallest absolute Gasteiger partial charge is 0.319 e. The van der Waals surface area contributed by atoms with Gasteiger partial charge in [-0.05, 0) is 39.0 Å². The zero-order valence-corrected chi connectivity index (χ0v) is 13.4. The highest BCUT2D eigenvalue weighted by molar-refractivity contribution is 5.92. The molecular formula is C16H22N4O2. The van der Waals surface area contributed by atoms with Crippen LogP contribution in [0, 0.1) is 0 Å². The summed E-state index contributed by atoms with van der Waals surface area (Å²) in [4.78, 5) is 23.9. The number of hydrogen-bond acceptors (Lipinski definition) is 2. The number of hydrogen-bond donors (Lipinski definition) is 2. The van der Waals surface area contributed by atoms with Crippen LogP contribution < -0.4 is 16.2 Å². The second-order valence-electron chi connectivity index (χ2n) is 5.41. The first-order valence-electron chi connectivity index (χ1n) is 7.31. The van der Waals surface area contributed by atoms with Crippen LogP contribution in [0.5, 0.6) is 0 Å². The van der Waals surface area contributed by atoms with Crippen molar-refractivity contribution in [1.29, 1.82) is 0 Å². The summed E-state index contributed by atoms with van der Waals surface area (Å²) >= 11 is 0. The fourth-order valence-corrected chi connectivity index (χ4v) is 2.28. The van der Waals surface area contributed by atoms with Crippen molar-refractivity contribution in [3.63, 3.8) is 0 Å². The molecule has 0 aliphatic carbocycles. The van der Waals surface area contributed by atoms with Gasteiger partial charge in [-0.2, -0.15) is 0 Å². The second kappa shape index (κ2) is 6.51. The summed E-state index contributed by atoms with van der Waals surface area (Å²) in [5.41, 5.74) is 2.59. The van der Waals surface area contributed by atoms with Crippen LogP contribution in [0.4, 0.5) is 10.5 Å². The number of benzene rings is 1. The number of nitrogens with zero attached hydrogens (tertiary/aromatic N) is 2. The molecule has 0 aliphatic rings. The lowest BCUT2D eigenvalue weighted by molar-refractivity contribution is 0.252. The molecule has 1 heterocycles. The molecule has 0 aliphatic heterocycles. The Balaban J connectivity index is 2.42. The molecule has 0 atom stereocenters. The van der Waals surface area contributed by atoms with Gasteiger partial charge in [0.2, 0.25) is 0 Å². The first-order chi connectivity index (χ1) is 10.4. The van der Waals surface area contributed by atoms with E-state index in [9.17, 15) is 9.59 Å². The van der Waals surface area contributed by atoms with E-state index in [-0.39, 0.29) is 11.6 Å². The van der Waals surface area contributed by atoms with Gasteiger partial charge in [-0.3, -0.25) is 14.2 Å². The molecular weight excluding hydrogens is 280 g/mol. The van der Waals surface area contributed by atoms with Gasteiger partial charge in [0.05, 0.1) is 17.4 Å². The molecule has 2 N–H and O–H groups in total. The molecule has 2 amide bonds. The summed E-state index contributed by atoms with van der Waals surface area (Å²) in [7, 11) is 1.75. The third kappa shape index (κ3) is 3.21. The van der Waals surface area contributed by atoms with E-state index in [1.54, 1.807) is 23.9 Å². The van der Waals surface area contributed by atoms with E-state index in [4.69, 9.17) is 0 Å². The molecule has 22 heavy (non-hydrogen) atoms. The highest BCUT2D eigenvalue weighted by Crippen LogP contribution is 2.17. The van der Waals surface area contributed by atoms with Crippen LogP contribution in [-0.2, 0) is 13.6 Å². The first kappa shape index (κ1) is 15.9. The molecule has 0 spiro atoms. The van der Waals surface area contributed by atoms with Gasteiger partial charge >= 0.3 is 6.03 Å². The second-order valence-corrected chi connectivity index (χ2v) is 5.41. The fourth-order valence-electron chi connectivity index (χ4n) is 2.28. The van der Waals surface area contributed by atoms with Crippen LogP contribution in [0.1, 0.15) is 20.8 Å². The highest BCUT2D eigenvalue weighted by atomic mass is 16.2. The van der Waals surface area contributed by atoms with Gasteiger partial charge in [-0.1, -0.05) is 11.6 Å². The molecule has 1 aromatic heterocycles. The van der Waals surface area contributed by atoms with Crippen LogP contribution in [-0.4, -0.2) is 21.9 Å². The maximum absolute atomic E-state index is 12.4. The number of rotatable bonds is 4. The van der Waals surface area contributed by atoms with Gasteiger partial charge in [-0.15, -0.1) is 0 Å². The number of carbonyl (C=O) groups is 1. The maximum atomic E-state index is 12.4. The van der Waals surface area contributed by atoms with E-state index in [0.717, 1.165) is 5.52 Å². The number of fused-ring (bicyclic) bond motifs is 1. The van der Waals surface area contributed by atoms with E-state index in [1.807, 2.05) is 31.5 Å². The Labute approximate surface area is 129 Å². The molecule has 0 fully saturated rings. The summed E-state index contributed by atoms with van der Waals surface area (Å²) in [5, 5.41) is 5.98. The largest absolute Gasteiger partial charge is 0.338 e. The molecule has 6 heteroatoms. The zero-order valence-electron chi connectivity index (χ0n) is 13.4. The van der Waals surface area contributed by atoms with Crippen molar-refractivity contribution in [2.24, 2.45) is 7.05 Å². The Bertz CT molecular complexity index is 779. The summed E-state index contributed by atoms with van der Waals surface area (Å²) in [6, 6.07) is 5.10. The molecule has 0 bridgehead atoms. The van der Waals surface area contributed by atoms with Crippen LogP contribution in [0.25, 0.3) is 10.9 Å². The number of urea groups is 1. The topological polar surface area (TPSA) is 68.1 Å². The lowest BCUT2D eigenvalue weighted by Gasteiger charge is -2.08. The molecule has 2 rings (SSSR count). The van der Waals surface area contributed by atoms with E-state index >= 15 is 0 Å². The van der Waals surface area contributed by atoms with Crippen molar-refractivity contribution < 1.29 is 4.79 Å². The van der Waals surface area contributed by atoms with Crippen molar-refractivity contribution >= 4 is 22.6 Å². The molecule has 0 saturated carbocycles. The summed E-state index contributed by atoms with van der Waals surface area (Å²) in [6.45, 7) is 7.09. The van der Waals surface area contributed by atoms with Crippen LogP contribution in [0.2, 0.25) is 0 Å². The lowest BCUT2D eigenvalue weighted by atomic mass is 10.2. The van der Waals surface area contributed by atoms with Gasteiger partial charge in [-0.25, -0.2) is 4.79 Å². The van der Waals surface area contributed by atoms with Crippen molar-refractivity contribution in [3.05, 3.63) is 40.2 Å². The minimum Gasteiger partial charge on any atom is -0.338 e. The molecule has 6 nitrogen and oxygen atoms in total. The average Bonchev–Trinajstić information content (AvgIpc) is 2.69. The van der Waals surface area contributed by atoms with Gasteiger partial charge in [0.15, 0.2) is 0 Å². The number of carbonyl (C=O) groups excluding carboxylic acids is 1. The zero-order chi connectivity index (χ0) is 16.3. The van der Waals surface area contributed by atoms with Crippen LogP contribution >= 0.6 is 0 Å². The van der Waals surface area contributed by atoms with Crippen molar-refractivity contribution in [1.82, 2.24) is 14.7 Å². The van der Waals surface area contributed by atoms with Gasteiger partial charge in [0.1, 0.15) is 0 Å². The van der Waals surface area contributed by atoms with Gasteiger partial charge in [0, 0.05) is 19.3 Å². The van der Waals surface area contributed by atoms with Gasteiger partial charge < -0.3 is 10.6 Å². The molecule has 118 valence electrons. The Hall–Kier alpha value is -2.50. The van der Waals surface area contributed by atoms with E-state index in [2.05, 4.69) is 16.7 Å². The Morgan fingerprint density at radius 2 is 2.05 bits per heavy atom. The Morgan fingerprint density at radius 1 is 1.32 bits per heavy atom. The minimum absolute atomic E-state index is 0.0725. The minimum atomic E-state index is -0.275. The maximum Gasteiger partial charge on any atom is 0.319 e. The van der Waals surface area contributed by atoms with E-state index in [0.29, 0.717) is 24.2 Å². The number of anilines is 1. The molecule has 2 aromatic rings. The fraction of sp³-hybridized carbons (Fsp3) is 0.375. The number of aromatic nitrogens is 2. The van der Waals surface area contributed by atoms with Crippen LogP contribution in [0.3, 0.4) is 0 Å². The number of amides is 2. The monoisotopic (exact) mass is 302 g/mol. The van der Waals surface area contributed by atoms with Crippen LogP contribution in [0.15, 0.2) is 34.6 Å². The molecule has 0 unspecified atom stereocenters. The van der Waals surface area contributed by atoms with Crippen molar-refractivity contribution in [2.45, 2.75) is 27.3 Å². The van der Waals surface area contributed by atoms with Gasteiger partial charge in [0.25, 0.3) is 5.56 Å². The van der Waals surface area contributed by atoms with E-state index in [1.165, 1.54) is 5.57 Å². The Kier molecular flexibility index (Phi) is 4.70. The van der Waals surface area contributed by atoms with Crippen molar-refractivity contribution in [3.8, 4) is 0 Å². The third-order valence-electron chi connectivity index (χ3n) is 3.43. The van der Waals surface area contributed by atoms with Crippen molar-refractivity contribution in [2.75, 3.05) is 11.9 Å². The number of nitrogens with one attached hydrogen (secondary N) is 2. The first-order valence-corrected chi connectivity index (χ1v) is 7.31. The summed E-state index contributed by atoms with van der Waals surface area (Å²) in [5.74, 6) is 0. The summed E-state index contributed by atoms with van der Waals surface area (Å²) < 4.78 is 3.51. The molecule has 0 radical (unpaired) electrons. The number of allylic oxidation sites excluding steroid dienone is 2. The predicted octanol–water partition coefficient (Wildman–Crippen LogP) is 2.45. The summed E-state index contributed by atoms with van der Waals surface area (Å²) in [6.07, 6.45) is 2.07. The highest BCUT2D eigenvalue weighted by Gasteiger charge is 2.11. The Morgan fingerprint density at radius 3 is 2.68 bits per heavy atom.